The van der Waals surface area contributed by atoms with Gasteiger partial charge in [-0.1, -0.05) is 66.2 Å². The third-order valence-corrected chi connectivity index (χ3v) is 4.88. The van der Waals surface area contributed by atoms with Crippen LogP contribution in [0, 0.1) is 20.8 Å². The summed E-state index contributed by atoms with van der Waals surface area (Å²) in [6.45, 7) is 6.45. The van der Waals surface area contributed by atoms with E-state index in [9.17, 15) is 17.3 Å². The molecule has 0 fully saturated rings. The average molecular weight is 438 g/mol. The van der Waals surface area contributed by atoms with Gasteiger partial charge in [0.15, 0.2) is 0 Å². The molecule has 6 heteroatoms. The summed E-state index contributed by atoms with van der Waals surface area (Å²) in [5, 5.41) is 0. The van der Waals surface area contributed by atoms with Gasteiger partial charge < -0.3 is 17.3 Å². The lowest BCUT2D eigenvalue weighted by Crippen LogP contribution is -2.02. The van der Waals surface area contributed by atoms with Crippen molar-refractivity contribution in [2.75, 3.05) is 0 Å². The van der Waals surface area contributed by atoms with Crippen LogP contribution in [0.5, 0.6) is 0 Å². The minimum atomic E-state index is -6.00. The van der Waals surface area contributed by atoms with E-state index >= 15 is 0 Å². The molecule has 4 aromatic rings. The third kappa shape index (κ3) is 6.30. The Hall–Kier alpha value is -3.41. The van der Waals surface area contributed by atoms with Gasteiger partial charge in [-0.3, -0.25) is 0 Å². The molecule has 0 saturated carbocycles. The molecule has 1 nitrogen and oxygen atoms in total. The van der Waals surface area contributed by atoms with E-state index in [1.807, 2.05) is 24.3 Å². The molecule has 0 amide bonds. The highest BCUT2D eigenvalue weighted by Crippen LogP contribution is 2.35. The highest BCUT2D eigenvalue weighted by Gasteiger charge is 2.23. The fraction of sp³-hybridized carbons (Fsp3) is 0.115. The predicted octanol–water partition coefficient (Wildman–Crippen LogP) is 8.79. The highest BCUT2D eigenvalue weighted by atomic mass is 19.5. The van der Waals surface area contributed by atoms with E-state index in [1.165, 1.54) is 27.8 Å². The van der Waals surface area contributed by atoms with Gasteiger partial charge in [-0.15, -0.1) is 0 Å². The molecule has 32 heavy (non-hydrogen) atoms. The molecule has 0 aliphatic heterocycles. The molecule has 4 rings (SSSR count). The van der Waals surface area contributed by atoms with Gasteiger partial charge in [0.1, 0.15) is 0 Å². The van der Waals surface area contributed by atoms with Gasteiger partial charge in [0, 0.05) is 5.56 Å². The van der Waals surface area contributed by atoms with Crippen LogP contribution in [0.3, 0.4) is 0 Å². The summed E-state index contributed by atoms with van der Waals surface area (Å²) in [5.74, 6) is 1.79. The van der Waals surface area contributed by atoms with Crippen LogP contribution in [0.15, 0.2) is 89.3 Å². The number of benzene rings is 3. The standard InChI is InChI=1S/C26H23O.BF4/c1-18-14-19(2)26(20(3)15-18)25-17-23(21-10-6-4-7-11-21)16-24(27-25)22-12-8-5-9-13-22;2-1(3,4)5/h4-17H,1-3H3;/q+1;-1. The molecule has 0 aliphatic carbocycles. The van der Waals surface area contributed by atoms with Crippen molar-refractivity contribution in [3.05, 3.63) is 102 Å². The molecule has 0 bridgehead atoms. The molecule has 0 radical (unpaired) electrons. The molecule has 0 N–H and O–H groups in total. The van der Waals surface area contributed by atoms with Gasteiger partial charge in [0.25, 0.3) is 0 Å². The van der Waals surface area contributed by atoms with Crippen LogP contribution < -0.4 is 0 Å². The fourth-order valence-electron chi connectivity index (χ4n) is 3.74. The second-order valence-electron chi connectivity index (χ2n) is 7.58. The number of halogens is 4. The first-order chi connectivity index (χ1) is 15.1. The molecule has 164 valence electrons. The lowest BCUT2D eigenvalue weighted by molar-refractivity contribution is 0.368. The van der Waals surface area contributed by atoms with Gasteiger partial charge >= 0.3 is 18.8 Å². The lowest BCUT2D eigenvalue weighted by atomic mass is 9.95. The summed E-state index contributed by atoms with van der Waals surface area (Å²) in [6, 6.07) is 29.5. The Labute approximate surface area is 185 Å². The molecule has 1 aromatic heterocycles. The summed E-state index contributed by atoms with van der Waals surface area (Å²) >= 11 is 0. The van der Waals surface area contributed by atoms with Crippen molar-refractivity contribution in [2.45, 2.75) is 20.8 Å². The highest BCUT2D eigenvalue weighted by molar-refractivity contribution is 6.50. The Bertz CT molecular complexity index is 1100. The lowest BCUT2D eigenvalue weighted by Gasteiger charge is -2.07. The minimum absolute atomic E-state index is 0.881. The first-order valence-corrected chi connectivity index (χ1v) is 10.2. The second kappa shape index (κ2) is 9.81. The van der Waals surface area contributed by atoms with Crippen LogP contribution in [0.25, 0.3) is 33.8 Å². The topological polar surface area (TPSA) is 11.3 Å². The molecular formula is C26H23BF4O. The van der Waals surface area contributed by atoms with E-state index in [2.05, 4.69) is 81.4 Å². The maximum atomic E-state index is 9.75. The van der Waals surface area contributed by atoms with Crippen molar-refractivity contribution < 1.29 is 21.7 Å². The van der Waals surface area contributed by atoms with Gasteiger partial charge in [0.05, 0.1) is 23.3 Å². The smallest absolute Gasteiger partial charge is 0.418 e. The zero-order valence-corrected chi connectivity index (χ0v) is 18.1. The fourth-order valence-corrected chi connectivity index (χ4v) is 3.74. The summed E-state index contributed by atoms with van der Waals surface area (Å²) < 4.78 is 45.4. The maximum absolute atomic E-state index is 9.75. The van der Waals surface area contributed by atoms with Gasteiger partial charge in [-0.2, -0.15) is 0 Å². The number of hydrogen-bond acceptors (Lipinski definition) is 0. The SMILES string of the molecule is Cc1cc(C)c(-c2cc(-c3ccccc3)cc(-c3ccccc3)[o+]2)c(C)c1.F[B-](F)(F)F. The van der Waals surface area contributed by atoms with Gasteiger partial charge in [0.2, 0.25) is 0 Å². The van der Waals surface area contributed by atoms with Crippen LogP contribution in [0.2, 0.25) is 0 Å². The Morgan fingerprint density at radius 3 is 1.50 bits per heavy atom. The molecule has 0 atom stereocenters. The van der Waals surface area contributed by atoms with Crippen molar-refractivity contribution >= 4 is 7.25 Å². The van der Waals surface area contributed by atoms with Crippen molar-refractivity contribution in [3.8, 4) is 33.8 Å². The maximum Gasteiger partial charge on any atom is 0.673 e. The Morgan fingerprint density at radius 1 is 0.562 bits per heavy atom. The van der Waals surface area contributed by atoms with Crippen molar-refractivity contribution in [3.63, 3.8) is 0 Å². The normalized spacial score (nSPS) is 11.0. The summed E-state index contributed by atoms with van der Waals surface area (Å²) in [5.41, 5.74) is 8.36. The van der Waals surface area contributed by atoms with Crippen LogP contribution in [0.4, 0.5) is 17.3 Å². The predicted molar refractivity (Wildman–Crippen MR) is 124 cm³/mol. The quantitative estimate of drug-likeness (QED) is 0.177. The van der Waals surface area contributed by atoms with Crippen molar-refractivity contribution in [1.82, 2.24) is 0 Å². The van der Waals surface area contributed by atoms with Gasteiger partial charge in [-0.05, 0) is 49.6 Å². The summed E-state index contributed by atoms with van der Waals surface area (Å²) in [4.78, 5) is 0. The van der Waals surface area contributed by atoms with Crippen LogP contribution in [0.1, 0.15) is 16.7 Å². The zero-order chi connectivity index (χ0) is 23.3. The number of hydrogen-bond donors (Lipinski definition) is 0. The number of aryl methyl sites for hydroxylation is 3. The van der Waals surface area contributed by atoms with Crippen LogP contribution in [-0.4, -0.2) is 7.25 Å². The Morgan fingerprint density at radius 2 is 1.00 bits per heavy atom. The molecular weight excluding hydrogens is 415 g/mol. The molecule has 0 aliphatic rings. The Kier molecular flexibility index (Phi) is 7.13. The van der Waals surface area contributed by atoms with E-state index in [0.29, 0.717) is 0 Å². The van der Waals surface area contributed by atoms with Gasteiger partial charge in [-0.25, -0.2) is 4.42 Å². The number of rotatable bonds is 3. The van der Waals surface area contributed by atoms with Crippen LogP contribution >= 0.6 is 0 Å². The van der Waals surface area contributed by atoms with E-state index in [1.54, 1.807) is 0 Å². The first kappa shape index (κ1) is 23.3. The molecule has 1 heterocycles. The Balaban J connectivity index is 0.000000523. The second-order valence-corrected chi connectivity index (χ2v) is 7.58. The van der Waals surface area contributed by atoms with E-state index in [4.69, 9.17) is 4.42 Å². The summed E-state index contributed by atoms with van der Waals surface area (Å²) in [6.07, 6.45) is 0. The molecule has 0 spiro atoms. The average Bonchev–Trinajstić information content (AvgIpc) is 2.73. The van der Waals surface area contributed by atoms with E-state index in [0.717, 1.165) is 22.6 Å². The summed E-state index contributed by atoms with van der Waals surface area (Å²) in [7, 11) is -6.00. The van der Waals surface area contributed by atoms with Crippen molar-refractivity contribution in [1.29, 1.82) is 0 Å². The van der Waals surface area contributed by atoms with Crippen LogP contribution in [-0.2, 0) is 0 Å². The zero-order valence-electron chi connectivity index (χ0n) is 18.1. The van der Waals surface area contributed by atoms with E-state index < -0.39 is 7.25 Å². The molecule has 0 unspecified atom stereocenters. The molecule has 3 aromatic carbocycles. The van der Waals surface area contributed by atoms with E-state index in [-0.39, 0.29) is 0 Å². The molecule has 0 saturated heterocycles. The largest absolute Gasteiger partial charge is 0.673 e. The van der Waals surface area contributed by atoms with Crippen molar-refractivity contribution in [2.24, 2.45) is 0 Å². The third-order valence-electron chi connectivity index (χ3n) is 4.88. The minimum Gasteiger partial charge on any atom is -0.418 e. The first-order valence-electron chi connectivity index (χ1n) is 10.2. The monoisotopic (exact) mass is 438 g/mol.